The molecule has 0 spiro atoms. The Morgan fingerprint density at radius 1 is 1.22 bits per heavy atom. The summed E-state index contributed by atoms with van der Waals surface area (Å²) in [5, 5.41) is 8.85. The minimum absolute atomic E-state index is 0.0728. The maximum absolute atomic E-state index is 12.2. The maximum Gasteiger partial charge on any atom is 0.231 e. The number of halogens is 1. The van der Waals surface area contributed by atoms with Crippen LogP contribution >= 0.6 is 15.9 Å². The highest BCUT2D eigenvalue weighted by atomic mass is 79.9. The van der Waals surface area contributed by atoms with Crippen molar-refractivity contribution >= 4 is 70.0 Å². The van der Waals surface area contributed by atoms with Crippen LogP contribution in [0.5, 0.6) is 0 Å². The molecular weight excluding hydrogens is 400 g/mol. The molecule has 1 aliphatic heterocycles. The Labute approximate surface area is 172 Å². The Balaban J connectivity index is 0.000000465. The fraction of sp³-hybridized carbons (Fsp3) is 0.176. The first-order valence-electron chi connectivity index (χ1n) is 8.23. The van der Waals surface area contributed by atoms with Gasteiger partial charge in [0.15, 0.2) is 5.78 Å². The van der Waals surface area contributed by atoms with E-state index >= 15 is 0 Å². The molecule has 1 heterocycles. The van der Waals surface area contributed by atoms with Crippen molar-refractivity contribution in [3.05, 3.63) is 63.6 Å². The molecule has 1 amide bonds. The number of carbonyl (C=O) groups is 2. The molecule has 27 heavy (non-hydrogen) atoms. The number of fused-ring (bicyclic) bond motifs is 1. The lowest BCUT2D eigenvalue weighted by atomic mass is 8.97. The van der Waals surface area contributed by atoms with Crippen LogP contribution in [0.25, 0.3) is 0 Å². The molecule has 2 aromatic carbocycles. The number of nitrogens with zero attached hydrogens (tertiary/aromatic N) is 1. The van der Waals surface area contributed by atoms with E-state index in [-0.39, 0.29) is 11.7 Å². The van der Waals surface area contributed by atoms with E-state index in [1.807, 2.05) is 30.3 Å². The summed E-state index contributed by atoms with van der Waals surface area (Å²) in [6, 6.07) is 12.8. The molecule has 1 aliphatic rings. The highest BCUT2D eigenvalue weighted by Crippen LogP contribution is 2.32. The van der Waals surface area contributed by atoms with Crippen LogP contribution < -0.4 is 4.90 Å². The number of aliphatic hydroxyl groups is 1. The summed E-state index contributed by atoms with van der Waals surface area (Å²) in [5.41, 5.74) is 3.37. The molecule has 7 radical (unpaired) electrons. The topological polar surface area (TPSA) is 57.6 Å². The van der Waals surface area contributed by atoms with Gasteiger partial charge in [-0.25, -0.2) is 0 Å². The van der Waals surface area contributed by atoms with Gasteiger partial charge in [0.1, 0.15) is 6.61 Å². The zero-order chi connectivity index (χ0) is 20.0. The first-order chi connectivity index (χ1) is 12.8. The third-order valence-corrected chi connectivity index (χ3v) is 4.45. The molecule has 1 N–H and O–H groups in total. The molecule has 0 atom stereocenters. The Morgan fingerprint density at radius 2 is 1.85 bits per heavy atom. The normalized spacial score (nSPS) is 12.1. The van der Waals surface area contributed by atoms with Crippen molar-refractivity contribution < 1.29 is 14.7 Å². The van der Waals surface area contributed by atoms with Crippen molar-refractivity contribution in [3.8, 4) is 0 Å². The lowest BCUT2D eigenvalue weighted by molar-refractivity contribution is -0.117. The van der Waals surface area contributed by atoms with E-state index in [1.54, 1.807) is 17.0 Å². The van der Waals surface area contributed by atoms with Crippen LogP contribution in [0.3, 0.4) is 0 Å². The summed E-state index contributed by atoms with van der Waals surface area (Å²) >= 11 is 3.42. The fourth-order valence-electron chi connectivity index (χ4n) is 2.59. The van der Waals surface area contributed by atoms with Gasteiger partial charge < -0.3 is 10.0 Å². The molecule has 0 aliphatic carbocycles. The first-order valence-corrected chi connectivity index (χ1v) is 9.03. The van der Waals surface area contributed by atoms with Crippen LogP contribution in [-0.4, -0.2) is 60.1 Å². The van der Waals surface area contributed by atoms with Gasteiger partial charge >= 0.3 is 0 Å². The van der Waals surface area contributed by atoms with Crippen molar-refractivity contribution in [1.29, 1.82) is 0 Å². The van der Waals surface area contributed by atoms with Gasteiger partial charge in [-0.1, -0.05) is 40.2 Å². The Bertz CT molecular complexity index is 817. The molecule has 127 valence electrons. The predicted molar refractivity (Wildman–Crippen MR) is 116 cm³/mol. The quantitative estimate of drug-likeness (QED) is 0.582. The summed E-state index contributed by atoms with van der Waals surface area (Å²) in [6.07, 6.45) is -0.0504. The predicted octanol–water partition coefficient (Wildman–Crippen LogP) is 0.809. The van der Waals surface area contributed by atoms with Gasteiger partial charge in [-0.15, -0.1) is 0 Å². The second-order valence-electron chi connectivity index (χ2n) is 5.98. The van der Waals surface area contributed by atoms with Gasteiger partial charge in [-0.2, -0.15) is 0 Å². The Kier molecular flexibility index (Phi) is 8.05. The number of rotatable bonds is 5. The average Bonchev–Trinajstić information content (AvgIpc) is 2.96. The number of anilines is 1. The van der Waals surface area contributed by atoms with Gasteiger partial charge in [0.05, 0.1) is 13.0 Å². The third-order valence-electron chi connectivity index (χ3n) is 3.96. The summed E-state index contributed by atoms with van der Waals surface area (Å²) in [5.74, 6) is -0.234. The van der Waals surface area contributed by atoms with Crippen LogP contribution in [0.4, 0.5) is 5.69 Å². The number of carbonyl (C=O) groups excluding carboxylic acids is 2. The number of hydrogen-bond acceptors (Lipinski definition) is 3. The molecule has 0 saturated heterocycles. The van der Waals surface area contributed by atoms with E-state index in [0.29, 0.717) is 18.5 Å². The maximum atomic E-state index is 12.2. The van der Waals surface area contributed by atoms with Crippen LogP contribution in [-0.2, 0) is 17.8 Å². The average molecular weight is 414 g/mol. The van der Waals surface area contributed by atoms with Gasteiger partial charge in [0.25, 0.3) is 0 Å². The molecule has 0 saturated carbocycles. The Hall–Kier alpha value is -1.66. The van der Waals surface area contributed by atoms with Crippen molar-refractivity contribution in [2.45, 2.75) is 13.0 Å². The number of aliphatic hydroxyl groups excluding tert-OH is 1. The van der Waals surface area contributed by atoms with Crippen LogP contribution in [0, 0.1) is 0 Å². The monoisotopic (exact) mass is 414 g/mol. The lowest BCUT2D eigenvalue weighted by Crippen LogP contribution is -2.26. The van der Waals surface area contributed by atoms with Gasteiger partial charge in [0.2, 0.25) is 5.91 Å². The summed E-state index contributed by atoms with van der Waals surface area (Å²) in [4.78, 5) is 25.3. The van der Waals surface area contributed by atoms with Crippen LogP contribution in [0.2, 0.25) is 0 Å². The van der Waals surface area contributed by atoms with Crippen LogP contribution in [0.1, 0.15) is 21.5 Å². The standard InChI is InChI=1S/C17H14BrNO3.B5/c18-14-5-6-15-13(7-14)8-17(22)19(15)9-11-1-3-12(4-2-11)16(21)10-20;1-4-5(2)3/h1-7,20H,8-10H2;. The number of ketones is 1. The minimum Gasteiger partial charge on any atom is -0.388 e. The highest BCUT2D eigenvalue weighted by molar-refractivity contribution is 9.10. The lowest BCUT2D eigenvalue weighted by Gasteiger charge is -2.17. The molecule has 4 nitrogen and oxygen atoms in total. The first kappa shape index (κ1) is 21.6. The Morgan fingerprint density at radius 3 is 2.41 bits per heavy atom. The van der Waals surface area contributed by atoms with Crippen molar-refractivity contribution in [2.24, 2.45) is 0 Å². The zero-order valence-corrected chi connectivity index (χ0v) is 16.2. The molecule has 0 fully saturated rings. The molecule has 0 unspecified atom stereocenters. The van der Waals surface area contributed by atoms with Crippen molar-refractivity contribution in [2.75, 3.05) is 11.5 Å². The number of benzene rings is 2. The summed E-state index contributed by atoms with van der Waals surface area (Å²) < 4.78 is 0.966. The molecule has 10 heteroatoms. The van der Waals surface area contributed by atoms with E-state index in [2.05, 4.69) is 15.9 Å². The second-order valence-corrected chi connectivity index (χ2v) is 6.89. The fourth-order valence-corrected chi connectivity index (χ4v) is 3.00. The number of hydrogen-bond donors (Lipinski definition) is 1. The van der Waals surface area contributed by atoms with E-state index in [0.717, 1.165) is 21.3 Å². The summed E-state index contributed by atoms with van der Waals surface area (Å²) in [6.45, 7) is -0.0206. The SMILES string of the molecule is O=C(CO)c1ccc(CN2C(=O)Cc3cc(Br)ccc32)cc1.[B][B]B([B])[B]. The minimum atomic E-state index is -0.494. The molecule has 0 bridgehead atoms. The zero-order valence-electron chi connectivity index (χ0n) is 14.6. The third kappa shape index (κ3) is 5.91. The molecular formula is C17H14B5BrNO3. The van der Waals surface area contributed by atoms with E-state index < -0.39 is 13.0 Å². The van der Waals surface area contributed by atoms with E-state index in [1.165, 1.54) is 7.06 Å². The summed E-state index contributed by atoms with van der Waals surface area (Å²) in [7, 11) is 15.8. The van der Waals surface area contributed by atoms with Gasteiger partial charge in [-0.05, 0) is 29.3 Å². The number of amides is 1. The second kappa shape index (κ2) is 10.0. The number of Topliss-reactive ketones (excluding diaryl/α,β-unsaturated/α-hetero) is 1. The largest absolute Gasteiger partial charge is 0.388 e. The van der Waals surface area contributed by atoms with Crippen molar-refractivity contribution in [3.63, 3.8) is 0 Å². The van der Waals surface area contributed by atoms with Crippen LogP contribution in [0.15, 0.2) is 46.9 Å². The molecule has 3 rings (SSSR count). The van der Waals surface area contributed by atoms with Gasteiger partial charge in [0, 0.05) is 52.4 Å². The van der Waals surface area contributed by atoms with E-state index in [4.69, 9.17) is 28.3 Å². The van der Waals surface area contributed by atoms with Gasteiger partial charge in [-0.3, -0.25) is 9.59 Å². The molecule has 0 aromatic heterocycles. The highest BCUT2D eigenvalue weighted by Gasteiger charge is 2.27. The molecule has 2 aromatic rings. The van der Waals surface area contributed by atoms with E-state index in [9.17, 15) is 9.59 Å². The smallest absolute Gasteiger partial charge is 0.231 e. The van der Waals surface area contributed by atoms with Crippen molar-refractivity contribution in [1.82, 2.24) is 0 Å².